The van der Waals surface area contributed by atoms with Crippen molar-refractivity contribution < 1.29 is 0 Å². The smallest absolute Gasteiger partial charge is 0.0187 e. The summed E-state index contributed by atoms with van der Waals surface area (Å²) in [4.78, 5) is 5.10. The highest BCUT2D eigenvalue weighted by Crippen LogP contribution is 2.40. The number of hydrogen-bond donors (Lipinski definition) is 0. The molecule has 0 saturated carbocycles. The predicted octanol–water partition coefficient (Wildman–Crippen LogP) is 4.20. The molecule has 0 N–H and O–H groups in total. The zero-order valence-electron chi connectivity index (χ0n) is 14.2. The average Bonchev–Trinajstić information content (AvgIpc) is 2.40. The van der Waals surface area contributed by atoms with Crippen LogP contribution in [-0.4, -0.2) is 74.2 Å². The van der Waals surface area contributed by atoms with Gasteiger partial charge < -0.3 is 4.90 Å². The number of rotatable bonds is 12. The molecule has 0 amide bonds. The lowest BCUT2D eigenvalue weighted by Crippen LogP contribution is -2.29. The maximum atomic E-state index is 2.79. The van der Waals surface area contributed by atoms with Crippen molar-refractivity contribution in [2.45, 2.75) is 34.1 Å². The summed E-state index contributed by atoms with van der Waals surface area (Å²) in [5, 5.41) is 0. The lowest BCUT2D eigenvalue weighted by Gasteiger charge is -2.30. The van der Waals surface area contributed by atoms with Gasteiger partial charge in [0, 0.05) is 19.1 Å². The Morgan fingerprint density at radius 3 is 1.42 bits per heavy atom. The predicted molar refractivity (Wildman–Crippen MR) is 95.6 cm³/mol. The molecule has 2 nitrogen and oxygen atoms in total. The first kappa shape index (κ1) is 19.8. The van der Waals surface area contributed by atoms with Gasteiger partial charge in [-0.3, -0.25) is 4.90 Å². The van der Waals surface area contributed by atoms with Crippen molar-refractivity contribution in [2.75, 3.05) is 64.4 Å². The third kappa shape index (κ3) is 10.2. The van der Waals surface area contributed by atoms with Crippen LogP contribution in [0.1, 0.15) is 34.1 Å². The summed E-state index contributed by atoms with van der Waals surface area (Å²) >= 11 is 0. The van der Waals surface area contributed by atoms with E-state index >= 15 is 0 Å². The van der Waals surface area contributed by atoms with Gasteiger partial charge in [-0.25, -0.2) is 0 Å². The van der Waals surface area contributed by atoms with Crippen LogP contribution in [0.2, 0.25) is 0 Å². The highest BCUT2D eigenvalue weighted by molar-refractivity contribution is 7.58. The van der Waals surface area contributed by atoms with Crippen LogP contribution in [0, 0.1) is 0 Å². The van der Waals surface area contributed by atoms with Crippen molar-refractivity contribution in [2.24, 2.45) is 0 Å². The highest BCUT2D eigenvalue weighted by Gasteiger charge is 2.14. The normalized spacial score (nSPS) is 12.3. The van der Waals surface area contributed by atoms with E-state index in [0.717, 1.165) is 0 Å². The average molecular weight is 306 g/mol. The molecule has 0 saturated heterocycles. The molecule has 0 bridgehead atoms. The van der Waals surface area contributed by atoms with Gasteiger partial charge in [0.05, 0.1) is 0 Å². The fourth-order valence-corrected chi connectivity index (χ4v) is 5.68. The summed E-state index contributed by atoms with van der Waals surface area (Å²) in [6.45, 7) is 12.0. The molecule has 0 aromatic rings. The Kier molecular flexibility index (Phi) is 13.0. The van der Waals surface area contributed by atoms with Crippen LogP contribution in [0.4, 0.5) is 0 Å². The van der Waals surface area contributed by atoms with Crippen LogP contribution in [0.3, 0.4) is 0 Å². The Bertz CT molecular complexity index is 179. The molecular formula is C15H36N2P2. The summed E-state index contributed by atoms with van der Waals surface area (Å²) in [5.74, 6) is 0. The molecule has 0 unspecified atom stereocenters. The number of hydrogen-bond acceptors (Lipinski definition) is 2. The molecule has 0 heterocycles. The Morgan fingerprint density at radius 1 is 0.684 bits per heavy atom. The van der Waals surface area contributed by atoms with Crippen LogP contribution in [-0.2, 0) is 0 Å². The fraction of sp³-hybridized carbons (Fsp3) is 1.00. The van der Waals surface area contributed by atoms with Crippen molar-refractivity contribution in [3.63, 3.8) is 0 Å². The van der Waals surface area contributed by atoms with Crippen molar-refractivity contribution in [1.82, 2.24) is 9.80 Å². The minimum absolute atomic E-state index is 0.255. The fourth-order valence-electron chi connectivity index (χ4n) is 2.21. The van der Waals surface area contributed by atoms with E-state index in [1.165, 1.54) is 56.7 Å². The Labute approximate surface area is 124 Å². The van der Waals surface area contributed by atoms with Crippen LogP contribution in [0.25, 0.3) is 0 Å². The lowest BCUT2D eigenvalue weighted by atomic mass is 10.4. The maximum Gasteiger partial charge on any atom is 0.0187 e. The van der Waals surface area contributed by atoms with Crippen LogP contribution >= 0.6 is 15.8 Å². The molecule has 0 aliphatic heterocycles. The van der Waals surface area contributed by atoms with E-state index in [9.17, 15) is 0 Å². The largest absolute Gasteiger partial charge is 0.309 e. The highest BCUT2D eigenvalue weighted by atomic mass is 31.1. The minimum atomic E-state index is 0.255. The first-order valence-corrected chi connectivity index (χ1v) is 11.7. The van der Waals surface area contributed by atoms with E-state index < -0.39 is 0 Å². The van der Waals surface area contributed by atoms with Crippen LogP contribution in [0.15, 0.2) is 0 Å². The Balaban J connectivity index is 4.27. The zero-order valence-corrected chi connectivity index (χ0v) is 15.9. The molecule has 19 heavy (non-hydrogen) atoms. The van der Waals surface area contributed by atoms with Gasteiger partial charge in [-0.1, -0.05) is 43.5 Å². The van der Waals surface area contributed by atoms with Crippen molar-refractivity contribution in [1.29, 1.82) is 0 Å². The molecule has 0 atom stereocenters. The van der Waals surface area contributed by atoms with E-state index in [1.54, 1.807) is 0 Å². The SMILES string of the molecule is CCP(CC)CN(CCCN(C)C)CP(CC)CC. The third-order valence-corrected chi connectivity index (χ3v) is 8.85. The second kappa shape index (κ2) is 12.5. The summed E-state index contributed by atoms with van der Waals surface area (Å²) < 4.78 is 0. The van der Waals surface area contributed by atoms with Gasteiger partial charge in [0.15, 0.2) is 0 Å². The van der Waals surface area contributed by atoms with Gasteiger partial charge in [-0.15, -0.1) is 0 Å². The molecule has 0 fully saturated rings. The second-order valence-corrected chi connectivity index (χ2v) is 11.2. The van der Waals surface area contributed by atoms with E-state index in [1.807, 2.05) is 0 Å². The first-order valence-electron chi connectivity index (χ1n) is 7.89. The van der Waals surface area contributed by atoms with E-state index in [4.69, 9.17) is 0 Å². The standard InChI is InChI=1S/C15H36N2P2/c1-7-18(8-2)14-17(13-11-12-16(5)6)15-19(9-3)10-4/h7-15H2,1-6H3. The molecular weight excluding hydrogens is 270 g/mol. The second-order valence-electron chi connectivity index (χ2n) is 5.44. The number of nitrogens with zero attached hydrogens (tertiary/aromatic N) is 2. The van der Waals surface area contributed by atoms with Gasteiger partial charge in [-0.2, -0.15) is 0 Å². The van der Waals surface area contributed by atoms with E-state index in [2.05, 4.69) is 51.6 Å². The Morgan fingerprint density at radius 2 is 1.11 bits per heavy atom. The molecule has 0 aromatic heterocycles. The molecule has 0 aliphatic rings. The van der Waals surface area contributed by atoms with Crippen LogP contribution in [0.5, 0.6) is 0 Å². The topological polar surface area (TPSA) is 6.48 Å². The zero-order chi connectivity index (χ0) is 14.7. The van der Waals surface area contributed by atoms with E-state index in [0.29, 0.717) is 0 Å². The van der Waals surface area contributed by atoms with Gasteiger partial charge in [0.25, 0.3) is 0 Å². The summed E-state index contributed by atoms with van der Waals surface area (Å²) in [6.07, 6.45) is 9.67. The van der Waals surface area contributed by atoms with Gasteiger partial charge in [0.2, 0.25) is 0 Å². The molecule has 116 valence electrons. The third-order valence-electron chi connectivity index (χ3n) is 3.67. The quantitative estimate of drug-likeness (QED) is 0.499. The van der Waals surface area contributed by atoms with E-state index in [-0.39, 0.29) is 15.8 Å². The van der Waals surface area contributed by atoms with Crippen LogP contribution < -0.4 is 0 Å². The Hall–Kier alpha value is 0.780. The lowest BCUT2D eigenvalue weighted by molar-refractivity contribution is 0.321. The molecule has 0 aromatic carbocycles. The monoisotopic (exact) mass is 306 g/mol. The minimum Gasteiger partial charge on any atom is -0.309 e. The molecule has 0 spiro atoms. The van der Waals surface area contributed by atoms with Crippen molar-refractivity contribution in [3.8, 4) is 0 Å². The maximum absolute atomic E-state index is 2.79. The van der Waals surface area contributed by atoms with Crippen molar-refractivity contribution >= 4 is 15.8 Å². The molecule has 0 rings (SSSR count). The summed E-state index contributed by atoms with van der Waals surface area (Å²) in [5.41, 5.74) is 0. The van der Waals surface area contributed by atoms with Crippen molar-refractivity contribution in [3.05, 3.63) is 0 Å². The van der Waals surface area contributed by atoms with Gasteiger partial charge >= 0.3 is 0 Å². The summed E-state index contributed by atoms with van der Waals surface area (Å²) in [6, 6.07) is 0. The molecule has 0 radical (unpaired) electrons. The molecule has 4 heteroatoms. The summed E-state index contributed by atoms with van der Waals surface area (Å²) in [7, 11) is 4.87. The first-order chi connectivity index (χ1) is 9.07. The van der Waals surface area contributed by atoms with Gasteiger partial charge in [0.1, 0.15) is 0 Å². The molecule has 0 aliphatic carbocycles. The van der Waals surface area contributed by atoms with Gasteiger partial charge in [-0.05, 0) is 51.7 Å².